The molecule has 1 aromatic heterocycles. The molecule has 1 amide bonds. The molecule has 304 valence electrons. The molecule has 3 aliphatic rings. The maximum Gasteiger partial charge on any atom is 0.408 e. The van der Waals surface area contributed by atoms with Gasteiger partial charge in [0.2, 0.25) is 0 Å². The maximum atomic E-state index is 14.5. The molecule has 3 saturated heterocycles. The van der Waals surface area contributed by atoms with Crippen molar-refractivity contribution < 1.29 is 43.2 Å². The molecule has 5 unspecified atom stereocenters. The predicted octanol–water partition coefficient (Wildman–Crippen LogP) is 4.88. The molecule has 55 heavy (non-hydrogen) atoms. The van der Waals surface area contributed by atoms with E-state index in [4.69, 9.17) is 23.7 Å². The molecule has 0 aliphatic carbocycles. The Hall–Kier alpha value is -3.46. The molecule has 0 radical (unpaired) electrons. The van der Waals surface area contributed by atoms with Crippen LogP contribution in [0, 0.1) is 17.8 Å². The molecular formula is C42H62N4O9. The molecule has 5 rings (SSSR count). The summed E-state index contributed by atoms with van der Waals surface area (Å²) in [5.74, 6) is -3.25. The second-order valence-corrected chi connectivity index (χ2v) is 16.6. The first kappa shape index (κ1) is 42.7. The van der Waals surface area contributed by atoms with Gasteiger partial charge in [-0.05, 0) is 98.1 Å². The number of benzene rings is 1. The SMILES string of the molecule is CC[C@H]1OC(=O)C(C)C(=O)[C@H](C)C(O[C@@H]2OC(C)CC(N(C)C)C2O)[C@](C)(OC/C=C/c2cnc3ccccc3c2)C[C@@H](C)CN[C@H](C)[C@H]2NC(=O)O[C@@]21C. The summed E-state index contributed by atoms with van der Waals surface area (Å²) in [6.45, 7) is 15.5. The summed E-state index contributed by atoms with van der Waals surface area (Å²) in [5, 5.41) is 19.1. The van der Waals surface area contributed by atoms with Gasteiger partial charge in [0.25, 0.3) is 0 Å². The number of nitrogens with zero attached hydrogens (tertiary/aromatic N) is 2. The summed E-state index contributed by atoms with van der Waals surface area (Å²) < 4.78 is 31.7. The van der Waals surface area contributed by atoms with E-state index < -0.39 is 71.5 Å². The Morgan fingerprint density at radius 3 is 2.53 bits per heavy atom. The summed E-state index contributed by atoms with van der Waals surface area (Å²) in [5.41, 5.74) is -0.496. The van der Waals surface area contributed by atoms with Crippen molar-refractivity contribution in [3.05, 3.63) is 48.2 Å². The highest BCUT2D eigenvalue weighted by atomic mass is 16.7. The van der Waals surface area contributed by atoms with E-state index in [1.807, 2.05) is 89.3 Å². The Balaban J connectivity index is 1.51. The minimum Gasteiger partial charge on any atom is -0.458 e. The number of hydrogen-bond acceptors (Lipinski definition) is 12. The number of carbonyl (C=O) groups excluding carboxylic acids is 3. The van der Waals surface area contributed by atoms with E-state index in [-0.39, 0.29) is 30.7 Å². The Kier molecular flexibility index (Phi) is 13.8. The van der Waals surface area contributed by atoms with E-state index in [0.29, 0.717) is 25.8 Å². The molecule has 0 saturated carbocycles. The van der Waals surface area contributed by atoms with Gasteiger partial charge in [-0.3, -0.25) is 14.6 Å². The number of pyridine rings is 1. The number of amides is 1. The lowest BCUT2D eigenvalue weighted by Crippen LogP contribution is -2.60. The minimum absolute atomic E-state index is 0.0353. The average Bonchev–Trinajstić information content (AvgIpc) is 3.47. The Morgan fingerprint density at radius 2 is 1.82 bits per heavy atom. The molecule has 13 atom stereocenters. The van der Waals surface area contributed by atoms with Gasteiger partial charge in [0, 0.05) is 29.6 Å². The molecule has 0 spiro atoms. The van der Waals surface area contributed by atoms with Crippen LogP contribution in [0.2, 0.25) is 0 Å². The van der Waals surface area contributed by atoms with Gasteiger partial charge in [-0.25, -0.2) is 4.79 Å². The molecule has 13 nitrogen and oxygen atoms in total. The highest BCUT2D eigenvalue weighted by molar-refractivity contribution is 6.00. The first-order valence-electron chi connectivity index (χ1n) is 19.7. The second-order valence-electron chi connectivity index (χ2n) is 16.6. The largest absolute Gasteiger partial charge is 0.458 e. The van der Waals surface area contributed by atoms with E-state index in [0.717, 1.165) is 16.5 Å². The van der Waals surface area contributed by atoms with Crippen LogP contribution in [0.1, 0.15) is 80.2 Å². The van der Waals surface area contributed by atoms with Crippen molar-refractivity contribution in [2.45, 2.75) is 135 Å². The number of aliphatic hydroxyl groups is 1. The summed E-state index contributed by atoms with van der Waals surface area (Å²) in [6, 6.07) is 8.92. The van der Waals surface area contributed by atoms with E-state index in [1.54, 1.807) is 13.8 Å². The Morgan fingerprint density at radius 1 is 1.09 bits per heavy atom. The summed E-state index contributed by atoms with van der Waals surface area (Å²) in [7, 11) is 3.81. The van der Waals surface area contributed by atoms with Crippen LogP contribution in [-0.4, -0.2) is 120 Å². The summed E-state index contributed by atoms with van der Waals surface area (Å²) >= 11 is 0. The first-order chi connectivity index (χ1) is 26.0. The topological polar surface area (TPSA) is 158 Å². The number of likely N-dealkylation sites (N-methyl/N-ethyl adjacent to an activating group) is 1. The van der Waals surface area contributed by atoms with Crippen LogP contribution in [0.4, 0.5) is 4.79 Å². The summed E-state index contributed by atoms with van der Waals surface area (Å²) in [6.07, 6.45) is 2.37. The standard InChI is InChI=1S/C42H62N4O9/c1-11-33-42(8)36(45-40(50)55-42)28(6)43-22-24(2)21-41(7,51-18-14-15-29-20-30-16-12-13-17-31(30)44-23-29)37(26(4)34(47)27(5)38(49)53-33)54-39-35(48)32(46(9)10)19-25(3)52-39/h12-17,20,23-28,32-33,35-37,39,43,48H,11,18-19,21-22H2,1-10H3,(H,45,50)/b15-14+/t24-,25?,26+,27?,28-,32?,33-,35?,36-,37?,39+,41-,42-/m1/s1. The maximum absolute atomic E-state index is 14.5. The average molecular weight is 767 g/mol. The van der Waals surface area contributed by atoms with Crippen LogP contribution in [-0.2, 0) is 33.3 Å². The summed E-state index contributed by atoms with van der Waals surface area (Å²) in [4.78, 5) is 47.5. The number of para-hydroxylation sites is 1. The van der Waals surface area contributed by atoms with E-state index in [9.17, 15) is 19.5 Å². The number of aromatic nitrogens is 1. The van der Waals surface area contributed by atoms with Gasteiger partial charge in [0.05, 0.1) is 36.0 Å². The van der Waals surface area contributed by atoms with E-state index in [2.05, 4.69) is 28.6 Å². The third-order valence-corrected chi connectivity index (χ3v) is 11.8. The number of aliphatic hydroxyl groups excluding tert-OH is 1. The highest BCUT2D eigenvalue weighted by Gasteiger charge is 2.55. The van der Waals surface area contributed by atoms with Gasteiger partial charge in [-0.2, -0.15) is 0 Å². The zero-order valence-corrected chi connectivity index (χ0v) is 34.1. The van der Waals surface area contributed by atoms with Crippen LogP contribution in [0.15, 0.2) is 42.6 Å². The fourth-order valence-electron chi connectivity index (χ4n) is 8.68. The molecule has 2 aromatic rings. The number of nitrogens with one attached hydrogen (secondary N) is 2. The van der Waals surface area contributed by atoms with Crippen molar-refractivity contribution >= 4 is 34.8 Å². The number of carbonyl (C=O) groups is 3. The van der Waals surface area contributed by atoms with Gasteiger partial charge in [0.1, 0.15) is 18.1 Å². The predicted molar refractivity (Wildman–Crippen MR) is 209 cm³/mol. The first-order valence-corrected chi connectivity index (χ1v) is 19.7. The van der Waals surface area contributed by atoms with E-state index in [1.165, 1.54) is 6.92 Å². The van der Waals surface area contributed by atoms with Crippen molar-refractivity contribution in [3.8, 4) is 0 Å². The smallest absolute Gasteiger partial charge is 0.408 e. The van der Waals surface area contributed by atoms with Gasteiger partial charge >= 0.3 is 12.1 Å². The Bertz CT molecular complexity index is 1690. The lowest BCUT2D eigenvalue weighted by Gasteiger charge is -2.47. The molecule has 1 aromatic carbocycles. The van der Waals surface area contributed by atoms with Crippen molar-refractivity contribution in [2.75, 3.05) is 27.2 Å². The quantitative estimate of drug-likeness (QED) is 0.248. The number of esters is 1. The third kappa shape index (κ3) is 9.57. The van der Waals surface area contributed by atoms with Gasteiger partial charge < -0.3 is 44.3 Å². The zero-order valence-electron chi connectivity index (χ0n) is 34.1. The molecule has 4 heterocycles. The van der Waals surface area contributed by atoms with Gasteiger partial charge in [-0.1, -0.05) is 51.1 Å². The number of Topliss-reactive ketones (excluding diaryl/α,β-unsaturated/α-hetero) is 1. The fraction of sp³-hybridized carbons (Fsp3) is 0.667. The van der Waals surface area contributed by atoms with Crippen LogP contribution in [0.3, 0.4) is 0 Å². The van der Waals surface area contributed by atoms with E-state index >= 15 is 0 Å². The number of ketones is 1. The lowest BCUT2D eigenvalue weighted by atomic mass is 9.78. The number of rotatable bonds is 8. The van der Waals surface area contributed by atoms with Crippen LogP contribution in [0.5, 0.6) is 0 Å². The zero-order chi connectivity index (χ0) is 40.2. The molecular weight excluding hydrogens is 704 g/mol. The monoisotopic (exact) mass is 766 g/mol. The van der Waals surface area contributed by atoms with Gasteiger partial charge in [0.15, 0.2) is 17.7 Å². The van der Waals surface area contributed by atoms with Crippen molar-refractivity contribution in [1.29, 1.82) is 0 Å². The molecule has 13 heteroatoms. The van der Waals surface area contributed by atoms with Crippen LogP contribution < -0.4 is 10.6 Å². The molecule has 0 bridgehead atoms. The third-order valence-electron chi connectivity index (χ3n) is 11.8. The Labute approximate surface area is 325 Å². The normalized spacial score (nSPS) is 38.3. The minimum atomic E-state index is -1.18. The highest BCUT2D eigenvalue weighted by Crippen LogP contribution is 2.38. The number of ether oxygens (including phenoxy) is 5. The molecule has 3 N–H and O–H groups in total. The lowest BCUT2D eigenvalue weighted by molar-refractivity contribution is -0.296. The molecule has 3 aliphatic heterocycles. The number of fused-ring (bicyclic) bond motifs is 2. The number of hydrogen-bond donors (Lipinski definition) is 3. The number of cyclic esters (lactones) is 1. The second kappa shape index (κ2) is 17.8. The molecule has 3 fully saturated rings. The van der Waals surface area contributed by atoms with Crippen LogP contribution >= 0.6 is 0 Å². The van der Waals surface area contributed by atoms with Gasteiger partial charge in [-0.15, -0.1) is 0 Å². The van der Waals surface area contributed by atoms with Crippen molar-refractivity contribution in [1.82, 2.24) is 20.5 Å². The fourth-order valence-corrected chi connectivity index (χ4v) is 8.68. The van der Waals surface area contributed by atoms with Crippen molar-refractivity contribution in [3.63, 3.8) is 0 Å². The van der Waals surface area contributed by atoms with Crippen LogP contribution in [0.25, 0.3) is 17.0 Å². The number of alkyl carbamates (subject to hydrolysis) is 1. The van der Waals surface area contributed by atoms with Crippen molar-refractivity contribution in [2.24, 2.45) is 17.8 Å².